The highest BCUT2D eigenvalue weighted by Crippen LogP contribution is 2.11. The van der Waals surface area contributed by atoms with E-state index in [9.17, 15) is 4.79 Å². The Morgan fingerprint density at radius 2 is 1.77 bits per heavy atom. The summed E-state index contributed by atoms with van der Waals surface area (Å²) in [5.41, 5.74) is 1.16. The minimum atomic E-state index is -1.19. The summed E-state index contributed by atoms with van der Waals surface area (Å²) in [4.78, 5) is 10.4. The van der Waals surface area contributed by atoms with Crippen LogP contribution in [-0.4, -0.2) is 22.3 Å². The number of carbonyl (C=O) groups is 1. The van der Waals surface area contributed by atoms with Crippen molar-refractivity contribution in [1.29, 1.82) is 0 Å². The van der Waals surface area contributed by atoms with Gasteiger partial charge in [-0.1, -0.05) is 68.6 Å². The molecule has 0 radical (unpaired) electrons. The predicted molar refractivity (Wildman–Crippen MR) is 89.4 cm³/mol. The summed E-state index contributed by atoms with van der Waals surface area (Å²) in [5, 5.41) is 17.7. The molecular weight excluding hydrogens is 276 g/mol. The van der Waals surface area contributed by atoms with E-state index in [1.807, 2.05) is 0 Å². The summed E-state index contributed by atoms with van der Waals surface area (Å²) in [5.74, 6) is 5.34. The number of carboxylic acids is 1. The molecule has 3 heteroatoms. The average Bonchev–Trinajstić information content (AvgIpc) is 2.53. The normalized spacial score (nSPS) is 14.9. The lowest BCUT2D eigenvalue weighted by molar-refractivity contribution is -0.146. The number of carboxylic acid groups (broad SMARTS) is 1. The van der Waals surface area contributed by atoms with Crippen molar-refractivity contribution in [2.45, 2.75) is 76.7 Å². The van der Waals surface area contributed by atoms with Crippen LogP contribution in [0.15, 0.2) is 23.8 Å². The van der Waals surface area contributed by atoms with E-state index in [4.69, 9.17) is 10.2 Å². The summed E-state index contributed by atoms with van der Waals surface area (Å²) in [6, 6.07) is 0. The fourth-order valence-electron chi connectivity index (χ4n) is 2.43. The van der Waals surface area contributed by atoms with Gasteiger partial charge < -0.3 is 10.2 Å². The molecule has 0 aromatic rings. The first-order chi connectivity index (χ1) is 10.7. The molecule has 1 unspecified atom stereocenters. The van der Waals surface area contributed by atoms with E-state index in [-0.39, 0.29) is 0 Å². The summed E-state index contributed by atoms with van der Waals surface area (Å²) in [6.45, 7) is 0. The number of unbranched alkanes of at least 4 members (excludes halogenated alkanes) is 7. The van der Waals surface area contributed by atoms with E-state index >= 15 is 0 Å². The van der Waals surface area contributed by atoms with Crippen molar-refractivity contribution < 1.29 is 15.0 Å². The highest BCUT2D eigenvalue weighted by molar-refractivity contribution is 5.71. The Balaban J connectivity index is 1.88. The van der Waals surface area contributed by atoms with E-state index in [2.05, 4.69) is 30.1 Å². The average molecular weight is 304 g/mol. The molecule has 1 rings (SSSR count). The molecule has 122 valence electrons. The summed E-state index contributed by atoms with van der Waals surface area (Å²) >= 11 is 0. The Morgan fingerprint density at radius 1 is 1.09 bits per heavy atom. The highest BCUT2D eigenvalue weighted by atomic mass is 16.4. The predicted octanol–water partition coefficient (Wildman–Crippen LogP) is 4.22. The van der Waals surface area contributed by atoms with Crippen LogP contribution < -0.4 is 0 Å². The zero-order valence-corrected chi connectivity index (χ0v) is 13.4. The maximum absolute atomic E-state index is 10.4. The first-order valence-electron chi connectivity index (χ1n) is 8.46. The smallest absolute Gasteiger partial charge is 0.332 e. The first-order valence-corrected chi connectivity index (χ1v) is 8.46. The fraction of sp³-hybridized carbons (Fsp3) is 0.632. The quantitative estimate of drug-likeness (QED) is 0.469. The Labute approximate surface area is 134 Å². The maximum Gasteiger partial charge on any atom is 0.332 e. The standard InChI is InChI=1S/C19H28O3/c20-18(19(21)22)16-12-7-5-3-1-2-4-6-9-13-17-14-10-8-11-15-17/h10,14-15,18,20H,1-8,11-12,16H2,(H,21,22). The third kappa shape index (κ3) is 9.41. The molecule has 22 heavy (non-hydrogen) atoms. The minimum absolute atomic E-state index is 0.370. The van der Waals surface area contributed by atoms with Gasteiger partial charge in [0.1, 0.15) is 0 Å². The third-order valence-corrected chi connectivity index (χ3v) is 3.79. The van der Waals surface area contributed by atoms with Crippen LogP contribution in [-0.2, 0) is 4.79 Å². The first kappa shape index (κ1) is 18.5. The molecule has 0 heterocycles. The molecule has 0 fully saturated rings. The van der Waals surface area contributed by atoms with Crippen LogP contribution in [0.5, 0.6) is 0 Å². The number of aliphatic carboxylic acids is 1. The van der Waals surface area contributed by atoms with Gasteiger partial charge in [0, 0.05) is 12.0 Å². The fourth-order valence-corrected chi connectivity index (χ4v) is 2.43. The van der Waals surface area contributed by atoms with Crippen molar-refractivity contribution in [1.82, 2.24) is 0 Å². The second kappa shape index (κ2) is 12.1. The lowest BCUT2D eigenvalue weighted by Crippen LogP contribution is -2.18. The molecule has 1 aliphatic carbocycles. The van der Waals surface area contributed by atoms with Crippen molar-refractivity contribution in [2.75, 3.05) is 0 Å². The van der Waals surface area contributed by atoms with Gasteiger partial charge in [0.25, 0.3) is 0 Å². The van der Waals surface area contributed by atoms with Gasteiger partial charge in [0.15, 0.2) is 6.10 Å². The molecule has 0 aliphatic heterocycles. The third-order valence-electron chi connectivity index (χ3n) is 3.79. The molecule has 1 atom stereocenters. The molecule has 0 saturated heterocycles. The van der Waals surface area contributed by atoms with Gasteiger partial charge in [-0.05, 0) is 25.7 Å². The van der Waals surface area contributed by atoms with Crippen molar-refractivity contribution in [3.05, 3.63) is 23.8 Å². The summed E-state index contributed by atoms with van der Waals surface area (Å²) in [6.07, 6.45) is 16.6. The minimum Gasteiger partial charge on any atom is -0.479 e. The van der Waals surface area contributed by atoms with Gasteiger partial charge in [-0.25, -0.2) is 4.79 Å². The number of aliphatic hydroxyl groups excluding tert-OH is 1. The van der Waals surface area contributed by atoms with E-state index < -0.39 is 12.1 Å². The van der Waals surface area contributed by atoms with Gasteiger partial charge in [-0.3, -0.25) is 0 Å². The van der Waals surface area contributed by atoms with Crippen LogP contribution in [0.1, 0.15) is 70.6 Å². The maximum atomic E-state index is 10.4. The molecule has 0 amide bonds. The zero-order chi connectivity index (χ0) is 16.0. The van der Waals surface area contributed by atoms with Crippen molar-refractivity contribution in [3.8, 4) is 11.8 Å². The number of aliphatic hydroxyl groups is 1. The Kier molecular flexibility index (Phi) is 10.1. The van der Waals surface area contributed by atoms with Crippen molar-refractivity contribution >= 4 is 5.97 Å². The molecule has 0 bridgehead atoms. The van der Waals surface area contributed by atoms with Crippen molar-refractivity contribution in [3.63, 3.8) is 0 Å². The van der Waals surface area contributed by atoms with Crippen LogP contribution in [0.25, 0.3) is 0 Å². The monoisotopic (exact) mass is 304 g/mol. The zero-order valence-electron chi connectivity index (χ0n) is 13.4. The largest absolute Gasteiger partial charge is 0.479 e. The molecular formula is C19H28O3. The lowest BCUT2D eigenvalue weighted by atomic mass is 10.1. The SMILES string of the molecule is O=C(O)C(O)CCCCCCCCCC#CC1=CCCC=C1. The molecule has 2 N–H and O–H groups in total. The molecule has 1 aliphatic rings. The molecule has 0 spiro atoms. The van der Waals surface area contributed by atoms with E-state index in [0.717, 1.165) is 50.5 Å². The number of hydrogen-bond acceptors (Lipinski definition) is 2. The molecule has 0 aromatic heterocycles. The number of allylic oxidation sites excluding steroid dienone is 4. The van der Waals surface area contributed by atoms with E-state index in [1.165, 1.54) is 19.3 Å². The Bertz CT molecular complexity index is 437. The Morgan fingerprint density at radius 3 is 2.41 bits per heavy atom. The van der Waals surface area contributed by atoms with Crippen molar-refractivity contribution in [2.24, 2.45) is 0 Å². The van der Waals surface area contributed by atoms with E-state index in [0.29, 0.717) is 6.42 Å². The number of hydrogen-bond donors (Lipinski definition) is 2. The van der Waals surface area contributed by atoms with E-state index in [1.54, 1.807) is 0 Å². The van der Waals surface area contributed by atoms with Crippen LogP contribution in [0.4, 0.5) is 0 Å². The summed E-state index contributed by atoms with van der Waals surface area (Å²) in [7, 11) is 0. The second-order valence-electron chi connectivity index (χ2n) is 5.81. The Hall–Kier alpha value is -1.53. The molecule has 3 nitrogen and oxygen atoms in total. The molecule has 0 aromatic carbocycles. The van der Waals surface area contributed by atoms with Gasteiger partial charge in [0.2, 0.25) is 0 Å². The van der Waals surface area contributed by atoms with Gasteiger partial charge in [0.05, 0.1) is 0 Å². The van der Waals surface area contributed by atoms with Gasteiger partial charge in [-0.2, -0.15) is 0 Å². The van der Waals surface area contributed by atoms with Gasteiger partial charge >= 0.3 is 5.97 Å². The second-order valence-corrected chi connectivity index (χ2v) is 5.81. The van der Waals surface area contributed by atoms with Crippen LogP contribution in [0, 0.1) is 11.8 Å². The highest BCUT2D eigenvalue weighted by Gasteiger charge is 2.11. The van der Waals surface area contributed by atoms with Crippen LogP contribution in [0.3, 0.4) is 0 Å². The molecule has 0 saturated carbocycles. The summed E-state index contributed by atoms with van der Waals surface area (Å²) < 4.78 is 0. The van der Waals surface area contributed by atoms with Crippen LogP contribution in [0.2, 0.25) is 0 Å². The number of rotatable bonds is 10. The van der Waals surface area contributed by atoms with Crippen LogP contribution >= 0.6 is 0 Å². The van der Waals surface area contributed by atoms with Gasteiger partial charge in [-0.15, -0.1) is 0 Å². The topological polar surface area (TPSA) is 57.5 Å². The lowest BCUT2D eigenvalue weighted by Gasteiger charge is -2.04.